The van der Waals surface area contributed by atoms with Crippen molar-refractivity contribution in [3.05, 3.63) is 35.9 Å². The van der Waals surface area contributed by atoms with Crippen LogP contribution in [0.5, 0.6) is 0 Å². The second-order valence-corrected chi connectivity index (χ2v) is 7.04. The summed E-state index contributed by atoms with van der Waals surface area (Å²) in [6.45, 7) is 6.52. The summed E-state index contributed by atoms with van der Waals surface area (Å²) >= 11 is 0. The second kappa shape index (κ2) is 6.55. The highest BCUT2D eigenvalue weighted by Crippen LogP contribution is 2.37. The molecule has 2 saturated heterocycles. The predicted molar refractivity (Wildman–Crippen MR) is 93.4 cm³/mol. The Morgan fingerprint density at radius 2 is 1.75 bits per heavy atom. The Bertz CT molecular complexity index is 608. The van der Waals surface area contributed by atoms with Gasteiger partial charge >= 0.3 is 6.03 Å². The summed E-state index contributed by atoms with van der Waals surface area (Å²) in [5.41, 5.74) is 0.345. The summed E-state index contributed by atoms with van der Waals surface area (Å²) in [4.78, 5) is 31.3. The molecule has 0 aromatic heterocycles. The standard InChI is InChI=1S/C19H27N3O2/c1-4-15(2)21-12-10-19(11-13-21)17(23)22(18(24)20(19)3)14-16-8-6-5-7-9-16/h5-9,15H,4,10-14H2,1-3H3/t15-/m1/s1. The van der Waals surface area contributed by atoms with Gasteiger partial charge in [0.2, 0.25) is 0 Å². The fourth-order valence-electron chi connectivity index (χ4n) is 3.89. The highest BCUT2D eigenvalue weighted by molar-refractivity contribution is 6.06. The molecule has 1 spiro atoms. The first-order valence-corrected chi connectivity index (χ1v) is 8.87. The summed E-state index contributed by atoms with van der Waals surface area (Å²) in [5.74, 6) is -0.0253. The number of hydrogen-bond donors (Lipinski definition) is 0. The first kappa shape index (κ1) is 17.0. The average molecular weight is 329 g/mol. The molecule has 0 bridgehead atoms. The molecule has 0 unspecified atom stereocenters. The van der Waals surface area contributed by atoms with Crippen molar-refractivity contribution in [2.24, 2.45) is 0 Å². The van der Waals surface area contributed by atoms with Gasteiger partial charge in [-0.25, -0.2) is 4.79 Å². The minimum atomic E-state index is -0.643. The number of hydrogen-bond acceptors (Lipinski definition) is 3. The number of likely N-dealkylation sites (N-methyl/N-ethyl adjacent to an activating group) is 1. The van der Waals surface area contributed by atoms with E-state index in [-0.39, 0.29) is 11.9 Å². The van der Waals surface area contributed by atoms with Crippen molar-refractivity contribution in [1.82, 2.24) is 14.7 Å². The summed E-state index contributed by atoms with van der Waals surface area (Å²) < 4.78 is 0. The maximum absolute atomic E-state index is 13.1. The molecule has 24 heavy (non-hydrogen) atoms. The molecule has 5 heteroatoms. The molecule has 0 N–H and O–H groups in total. The van der Waals surface area contributed by atoms with Gasteiger partial charge in [-0.3, -0.25) is 9.69 Å². The van der Waals surface area contributed by atoms with Crippen LogP contribution >= 0.6 is 0 Å². The number of piperidine rings is 1. The van der Waals surface area contributed by atoms with Gasteiger partial charge in [-0.15, -0.1) is 0 Å². The number of likely N-dealkylation sites (tertiary alicyclic amines) is 1. The molecule has 1 atom stereocenters. The molecule has 1 aromatic rings. The smallest absolute Gasteiger partial charge is 0.312 e. The van der Waals surface area contributed by atoms with Gasteiger partial charge in [0, 0.05) is 26.2 Å². The zero-order chi connectivity index (χ0) is 17.3. The number of amides is 3. The lowest BCUT2D eigenvalue weighted by molar-refractivity contribution is -0.135. The Morgan fingerprint density at radius 3 is 2.33 bits per heavy atom. The molecule has 2 fully saturated rings. The first-order chi connectivity index (χ1) is 11.5. The quantitative estimate of drug-likeness (QED) is 0.798. The fraction of sp³-hybridized carbons (Fsp3) is 0.579. The minimum Gasteiger partial charge on any atom is -0.312 e. The Kier molecular flexibility index (Phi) is 4.63. The summed E-state index contributed by atoms with van der Waals surface area (Å²) in [7, 11) is 1.78. The summed E-state index contributed by atoms with van der Waals surface area (Å²) in [6, 6.07) is 10.1. The number of urea groups is 1. The van der Waals surface area contributed by atoms with E-state index in [2.05, 4.69) is 18.7 Å². The second-order valence-electron chi connectivity index (χ2n) is 7.04. The third kappa shape index (κ3) is 2.71. The Balaban J connectivity index is 1.76. The van der Waals surface area contributed by atoms with Crippen LogP contribution in [0.25, 0.3) is 0 Å². The SMILES string of the molecule is CC[C@@H](C)N1CCC2(CC1)C(=O)N(Cc1ccccc1)C(=O)N2C. The summed E-state index contributed by atoms with van der Waals surface area (Å²) in [6.07, 6.45) is 2.56. The van der Waals surface area contributed by atoms with Gasteiger partial charge < -0.3 is 9.80 Å². The molecule has 0 aliphatic carbocycles. The van der Waals surface area contributed by atoms with Crippen LogP contribution < -0.4 is 0 Å². The molecule has 130 valence electrons. The highest BCUT2D eigenvalue weighted by Gasteiger charge is 2.56. The molecule has 1 aromatic carbocycles. The number of rotatable bonds is 4. The molecule has 3 amide bonds. The van der Waals surface area contributed by atoms with E-state index < -0.39 is 5.54 Å². The molecule has 5 nitrogen and oxygen atoms in total. The van der Waals surface area contributed by atoms with Crippen LogP contribution in [0.3, 0.4) is 0 Å². The Morgan fingerprint density at radius 1 is 1.12 bits per heavy atom. The van der Waals surface area contributed by atoms with Gasteiger partial charge in [0.05, 0.1) is 6.54 Å². The van der Waals surface area contributed by atoms with Crippen molar-refractivity contribution < 1.29 is 9.59 Å². The van der Waals surface area contributed by atoms with Crippen molar-refractivity contribution in [2.75, 3.05) is 20.1 Å². The van der Waals surface area contributed by atoms with Crippen molar-refractivity contribution in [2.45, 2.75) is 51.2 Å². The molecule has 2 heterocycles. The lowest BCUT2D eigenvalue weighted by Crippen LogP contribution is -2.56. The molecule has 3 rings (SSSR count). The van der Waals surface area contributed by atoms with Gasteiger partial charge in [0.15, 0.2) is 0 Å². The van der Waals surface area contributed by atoms with Gasteiger partial charge in [-0.05, 0) is 31.7 Å². The van der Waals surface area contributed by atoms with Crippen LogP contribution in [0.2, 0.25) is 0 Å². The van der Waals surface area contributed by atoms with E-state index in [1.54, 1.807) is 11.9 Å². The molecular weight excluding hydrogens is 302 g/mol. The van der Waals surface area contributed by atoms with Crippen LogP contribution in [-0.4, -0.2) is 58.4 Å². The van der Waals surface area contributed by atoms with Crippen LogP contribution in [-0.2, 0) is 11.3 Å². The average Bonchev–Trinajstić information content (AvgIpc) is 2.79. The van der Waals surface area contributed by atoms with Gasteiger partial charge in [0.25, 0.3) is 5.91 Å². The monoisotopic (exact) mass is 329 g/mol. The number of imide groups is 1. The van der Waals surface area contributed by atoms with E-state index in [1.165, 1.54) is 4.90 Å². The Labute approximate surface area is 144 Å². The van der Waals surface area contributed by atoms with E-state index in [0.717, 1.165) is 37.9 Å². The van der Waals surface area contributed by atoms with E-state index >= 15 is 0 Å². The molecular formula is C19H27N3O2. The van der Waals surface area contributed by atoms with Crippen molar-refractivity contribution in [1.29, 1.82) is 0 Å². The number of carbonyl (C=O) groups is 2. The predicted octanol–water partition coefficient (Wildman–Crippen LogP) is 2.71. The number of nitrogens with zero attached hydrogens (tertiary/aromatic N) is 3. The van der Waals surface area contributed by atoms with Crippen molar-refractivity contribution in [3.63, 3.8) is 0 Å². The molecule has 2 aliphatic heterocycles. The zero-order valence-corrected chi connectivity index (χ0v) is 14.9. The van der Waals surface area contributed by atoms with E-state index in [1.807, 2.05) is 30.3 Å². The highest BCUT2D eigenvalue weighted by atomic mass is 16.2. The van der Waals surface area contributed by atoms with E-state index in [0.29, 0.717) is 12.6 Å². The minimum absolute atomic E-state index is 0.0253. The fourth-order valence-corrected chi connectivity index (χ4v) is 3.89. The van der Waals surface area contributed by atoms with Gasteiger partial charge in [0.1, 0.15) is 5.54 Å². The van der Waals surface area contributed by atoms with Crippen LogP contribution in [0.4, 0.5) is 4.79 Å². The lowest BCUT2D eigenvalue weighted by atomic mass is 9.85. The molecule has 2 aliphatic rings. The van der Waals surface area contributed by atoms with Crippen LogP contribution in [0.15, 0.2) is 30.3 Å². The first-order valence-electron chi connectivity index (χ1n) is 8.87. The normalized spacial score (nSPS) is 22.5. The third-order valence-corrected chi connectivity index (χ3v) is 5.83. The lowest BCUT2D eigenvalue weighted by Gasteiger charge is -2.42. The largest absolute Gasteiger partial charge is 0.327 e. The zero-order valence-electron chi connectivity index (χ0n) is 14.9. The molecule has 0 saturated carbocycles. The van der Waals surface area contributed by atoms with Crippen LogP contribution in [0.1, 0.15) is 38.7 Å². The van der Waals surface area contributed by atoms with E-state index in [9.17, 15) is 9.59 Å². The van der Waals surface area contributed by atoms with Crippen molar-refractivity contribution >= 4 is 11.9 Å². The number of carbonyl (C=O) groups excluding carboxylic acids is 2. The maximum atomic E-state index is 13.1. The van der Waals surface area contributed by atoms with Crippen LogP contribution in [0, 0.1) is 0 Å². The number of benzene rings is 1. The van der Waals surface area contributed by atoms with Gasteiger partial charge in [-0.2, -0.15) is 0 Å². The third-order valence-electron chi connectivity index (χ3n) is 5.83. The maximum Gasteiger partial charge on any atom is 0.327 e. The Hall–Kier alpha value is -1.88. The topological polar surface area (TPSA) is 43.9 Å². The van der Waals surface area contributed by atoms with E-state index in [4.69, 9.17) is 0 Å². The summed E-state index contributed by atoms with van der Waals surface area (Å²) in [5, 5.41) is 0. The van der Waals surface area contributed by atoms with Crippen molar-refractivity contribution in [3.8, 4) is 0 Å². The molecule has 0 radical (unpaired) electrons. The van der Waals surface area contributed by atoms with Gasteiger partial charge in [-0.1, -0.05) is 37.3 Å².